The summed E-state index contributed by atoms with van der Waals surface area (Å²) >= 11 is 0. The highest BCUT2D eigenvalue weighted by molar-refractivity contribution is 5.99. The van der Waals surface area contributed by atoms with E-state index in [1.54, 1.807) is 6.20 Å². The van der Waals surface area contributed by atoms with Crippen molar-refractivity contribution < 1.29 is 4.79 Å². The van der Waals surface area contributed by atoms with E-state index in [0.717, 1.165) is 19.3 Å². The molecule has 2 aliphatic rings. The third-order valence-corrected chi connectivity index (χ3v) is 5.83. The van der Waals surface area contributed by atoms with Gasteiger partial charge in [-0.3, -0.25) is 4.79 Å². The molecule has 0 aliphatic heterocycles. The van der Waals surface area contributed by atoms with Crippen molar-refractivity contribution in [2.24, 2.45) is 11.8 Å². The van der Waals surface area contributed by atoms with E-state index in [0.29, 0.717) is 23.0 Å². The van der Waals surface area contributed by atoms with E-state index in [1.807, 2.05) is 10.7 Å². The van der Waals surface area contributed by atoms with Crippen LogP contribution in [0.5, 0.6) is 0 Å². The topological polar surface area (TPSA) is 59.3 Å². The summed E-state index contributed by atoms with van der Waals surface area (Å²) in [7, 11) is 0. The molecule has 0 radical (unpaired) electrons. The van der Waals surface area contributed by atoms with Crippen molar-refractivity contribution in [1.29, 1.82) is 0 Å². The maximum absolute atomic E-state index is 12.7. The first-order valence-corrected chi connectivity index (χ1v) is 9.29. The van der Waals surface area contributed by atoms with E-state index >= 15 is 0 Å². The molecule has 1 amide bonds. The zero-order valence-electron chi connectivity index (χ0n) is 14.6. The van der Waals surface area contributed by atoms with Gasteiger partial charge in [-0.1, -0.05) is 26.7 Å². The number of carbonyl (C=O) groups is 1. The van der Waals surface area contributed by atoms with Crippen LogP contribution in [-0.2, 0) is 12.8 Å². The highest BCUT2D eigenvalue weighted by Gasteiger charge is 2.26. The van der Waals surface area contributed by atoms with Crippen LogP contribution in [0.2, 0.25) is 0 Å². The van der Waals surface area contributed by atoms with E-state index in [4.69, 9.17) is 0 Å². The smallest absolute Gasteiger partial charge is 0.256 e. The van der Waals surface area contributed by atoms with Crippen LogP contribution in [0, 0.1) is 11.8 Å². The molecule has 2 aromatic rings. The lowest BCUT2D eigenvalue weighted by molar-refractivity contribution is 0.0911. The molecule has 2 aliphatic carbocycles. The predicted octanol–water partition coefficient (Wildman–Crippen LogP) is 3.16. The molecule has 24 heavy (non-hydrogen) atoms. The van der Waals surface area contributed by atoms with Crippen LogP contribution in [0.4, 0.5) is 0 Å². The summed E-state index contributed by atoms with van der Waals surface area (Å²) < 4.78 is 1.89. The highest BCUT2D eigenvalue weighted by Crippen LogP contribution is 2.27. The van der Waals surface area contributed by atoms with Gasteiger partial charge in [-0.15, -0.1) is 0 Å². The lowest BCUT2D eigenvalue weighted by atomic mass is 9.86. The summed E-state index contributed by atoms with van der Waals surface area (Å²) in [6, 6.07) is 0.277. The zero-order chi connectivity index (χ0) is 16.7. The van der Waals surface area contributed by atoms with Gasteiger partial charge in [0.15, 0.2) is 5.65 Å². The summed E-state index contributed by atoms with van der Waals surface area (Å²) in [5.41, 5.74) is 3.80. The number of hydrogen-bond acceptors (Lipinski definition) is 3. The van der Waals surface area contributed by atoms with Crippen molar-refractivity contribution in [1.82, 2.24) is 19.9 Å². The molecule has 5 heteroatoms. The normalized spacial score (nSPS) is 27.0. The summed E-state index contributed by atoms with van der Waals surface area (Å²) in [4.78, 5) is 17.3. The van der Waals surface area contributed by atoms with Crippen LogP contribution in [0.25, 0.3) is 5.65 Å². The Labute approximate surface area is 142 Å². The van der Waals surface area contributed by atoms with Crippen molar-refractivity contribution in [2.75, 3.05) is 0 Å². The predicted molar refractivity (Wildman–Crippen MR) is 93.1 cm³/mol. The number of carbonyl (C=O) groups excluding carboxylic acids is 1. The SMILES string of the molecule is C[C@@H]1CCc2c(cnc3c(C(=O)N[C@H]4CCCC[C@@H]4C)cnn23)C1. The average Bonchev–Trinajstić information content (AvgIpc) is 3.01. The summed E-state index contributed by atoms with van der Waals surface area (Å²) in [5.74, 6) is 1.22. The van der Waals surface area contributed by atoms with Crippen molar-refractivity contribution in [3.8, 4) is 0 Å². The van der Waals surface area contributed by atoms with Gasteiger partial charge in [0.25, 0.3) is 5.91 Å². The molecule has 2 aromatic heterocycles. The van der Waals surface area contributed by atoms with Crippen molar-refractivity contribution in [3.05, 3.63) is 29.2 Å². The molecule has 0 unspecified atom stereocenters. The fraction of sp³-hybridized carbons (Fsp3) is 0.632. The second-order valence-electron chi connectivity index (χ2n) is 7.71. The van der Waals surface area contributed by atoms with E-state index in [9.17, 15) is 4.79 Å². The number of hydrogen-bond donors (Lipinski definition) is 1. The summed E-state index contributed by atoms with van der Waals surface area (Å²) in [6.07, 6.45) is 11.6. The van der Waals surface area contributed by atoms with Crippen LogP contribution in [0.3, 0.4) is 0 Å². The number of nitrogens with zero attached hydrogens (tertiary/aromatic N) is 3. The van der Waals surface area contributed by atoms with Crippen LogP contribution < -0.4 is 5.32 Å². The average molecular weight is 326 g/mol. The van der Waals surface area contributed by atoms with Crippen LogP contribution in [0.15, 0.2) is 12.4 Å². The van der Waals surface area contributed by atoms with Crippen LogP contribution >= 0.6 is 0 Å². The van der Waals surface area contributed by atoms with Gasteiger partial charge in [-0.05, 0) is 49.5 Å². The molecule has 128 valence electrons. The third-order valence-electron chi connectivity index (χ3n) is 5.83. The minimum atomic E-state index is -0.0274. The van der Waals surface area contributed by atoms with Gasteiger partial charge in [0.2, 0.25) is 0 Å². The van der Waals surface area contributed by atoms with Gasteiger partial charge in [-0.25, -0.2) is 9.50 Å². The molecule has 0 aromatic carbocycles. The number of nitrogens with one attached hydrogen (secondary N) is 1. The quantitative estimate of drug-likeness (QED) is 0.922. The minimum absolute atomic E-state index is 0.0274. The Balaban J connectivity index is 1.62. The standard InChI is InChI=1S/C19H26N4O/c1-12-7-8-17-14(9-12)10-20-18-15(11-21-23(17)18)19(24)22-16-6-4-3-5-13(16)2/h10-13,16H,3-9H2,1-2H3,(H,22,24)/t12-,13+,16+/m1/s1. The van der Waals surface area contributed by atoms with E-state index in [1.165, 1.54) is 36.9 Å². The minimum Gasteiger partial charge on any atom is -0.349 e. The molecule has 1 N–H and O–H groups in total. The first-order chi connectivity index (χ1) is 11.6. The van der Waals surface area contributed by atoms with Gasteiger partial charge < -0.3 is 5.32 Å². The Bertz CT molecular complexity index is 766. The van der Waals surface area contributed by atoms with Gasteiger partial charge in [-0.2, -0.15) is 5.10 Å². The highest BCUT2D eigenvalue weighted by atomic mass is 16.1. The Kier molecular flexibility index (Phi) is 4.02. The van der Waals surface area contributed by atoms with Crippen LogP contribution in [0.1, 0.15) is 67.6 Å². The van der Waals surface area contributed by atoms with Crippen molar-refractivity contribution in [3.63, 3.8) is 0 Å². The maximum Gasteiger partial charge on any atom is 0.256 e. The molecule has 4 rings (SSSR count). The molecule has 1 saturated carbocycles. The van der Waals surface area contributed by atoms with Crippen molar-refractivity contribution >= 4 is 11.6 Å². The fourth-order valence-electron chi connectivity index (χ4n) is 4.25. The van der Waals surface area contributed by atoms with Gasteiger partial charge in [0.05, 0.1) is 6.20 Å². The number of aryl methyl sites for hydroxylation is 1. The molecule has 0 spiro atoms. The Morgan fingerprint density at radius 2 is 2.04 bits per heavy atom. The Morgan fingerprint density at radius 1 is 1.21 bits per heavy atom. The fourth-order valence-corrected chi connectivity index (χ4v) is 4.25. The lowest BCUT2D eigenvalue weighted by Crippen LogP contribution is -2.41. The zero-order valence-corrected chi connectivity index (χ0v) is 14.6. The maximum atomic E-state index is 12.7. The number of amides is 1. The van der Waals surface area contributed by atoms with E-state index < -0.39 is 0 Å². The number of rotatable bonds is 2. The summed E-state index contributed by atoms with van der Waals surface area (Å²) in [6.45, 7) is 4.51. The monoisotopic (exact) mass is 326 g/mol. The first-order valence-electron chi connectivity index (χ1n) is 9.29. The molecule has 0 bridgehead atoms. The van der Waals surface area contributed by atoms with Crippen LogP contribution in [-0.4, -0.2) is 26.5 Å². The Hall–Kier alpha value is -1.91. The number of fused-ring (bicyclic) bond motifs is 3. The van der Waals surface area contributed by atoms with E-state index in [-0.39, 0.29) is 11.9 Å². The molecule has 0 saturated heterocycles. The molecule has 1 fully saturated rings. The van der Waals surface area contributed by atoms with E-state index in [2.05, 4.69) is 29.2 Å². The van der Waals surface area contributed by atoms with Gasteiger partial charge in [0, 0.05) is 17.9 Å². The number of aromatic nitrogens is 3. The third kappa shape index (κ3) is 2.70. The second kappa shape index (κ2) is 6.19. The van der Waals surface area contributed by atoms with Gasteiger partial charge >= 0.3 is 0 Å². The summed E-state index contributed by atoms with van der Waals surface area (Å²) in [5, 5.41) is 7.70. The van der Waals surface area contributed by atoms with Gasteiger partial charge in [0.1, 0.15) is 5.56 Å². The molecule has 5 nitrogen and oxygen atoms in total. The molecule has 3 atom stereocenters. The second-order valence-corrected chi connectivity index (χ2v) is 7.71. The molecular formula is C19H26N4O. The largest absolute Gasteiger partial charge is 0.349 e. The van der Waals surface area contributed by atoms with Crippen molar-refractivity contribution in [2.45, 2.75) is 64.8 Å². The molecular weight excluding hydrogens is 300 g/mol. The molecule has 2 heterocycles. The first kappa shape index (κ1) is 15.6. The Morgan fingerprint density at radius 3 is 2.88 bits per heavy atom. The lowest BCUT2D eigenvalue weighted by Gasteiger charge is -2.29.